The molecule has 1 aromatic heterocycles. The van der Waals surface area contributed by atoms with Crippen molar-refractivity contribution in [1.29, 1.82) is 0 Å². The molecule has 1 N–H and O–H groups in total. The van der Waals surface area contributed by atoms with Crippen LogP contribution in [-0.2, 0) is 0 Å². The van der Waals surface area contributed by atoms with Crippen molar-refractivity contribution in [2.45, 2.75) is 6.92 Å². The summed E-state index contributed by atoms with van der Waals surface area (Å²) in [5.74, 6) is -4.78. The summed E-state index contributed by atoms with van der Waals surface area (Å²) in [5.41, 5.74) is -1.55. The average Bonchev–Trinajstić information content (AvgIpc) is 2.45. The third kappa shape index (κ3) is 2.62. The maximum atomic E-state index is 13.8. The van der Waals surface area contributed by atoms with E-state index in [0.717, 1.165) is 12.4 Å². The van der Waals surface area contributed by atoms with Gasteiger partial charge in [0.05, 0.1) is 4.92 Å². The zero-order valence-corrected chi connectivity index (χ0v) is 10.7. The van der Waals surface area contributed by atoms with Crippen molar-refractivity contribution in [3.63, 3.8) is 0 Å². The lowest BCUT2D eigenvalue weighted by molar-refractivity contribution is -0.383. The number of hydrogen-bond donors (Lipinski definition) is 1. The Balaban J connectivity index is 2.72. The monoisotopic (exact) mass is 298 g/mol. The van der Waals surface area contributed by atoms with Crippen LogP contribution in [0.2, 0.25) is 0 Å². The van der Waals surface area contributed by atoms with E-state index in [0.29, 0.717) is 12.6 Å². The summed E-state index contributed by atoms with van der Waals surface area (Å²) in [5, 5.41) is 13.8. The Hall–Kier alpha value is -2.71. The van der Waals surface area contributed by atoms with Gasteiger partial charge in [0, 0.05) is 12.1 Å². The van der Waals surface area contributed by atoms with E-state index in [1.54, 1.807) is 6.92 Å². The summed E-state index contributed by atoms with van der Waals surface area (Å²) < 4.78 is 40.0. The fourth-order valence-corrected chi connectivity index (χ4v) is 1.75. The van der Waals surface area contributed by atoms with Crippen LogP contribution in [-0.4, -0.2) is 21.4 Å². The summed E-state index contributed by atoms with van der Waals surface area (Å²) in [7, 11) is 0. The Morgan fingerprint density at radius 1 is 1.24 bits per heavy atom. The lowest BCUT2D eigenvalue weighted by Gasteiger charge is -2.08. The van der Waals surface area contributed by atoms with Crippen molar-refractivity contribution in [3.05, 3.63) is 46.0 Å². The molecule has 110 valence electrons. The summed E-state index contributed by atoms with van der Waals surface area (Å²) in [4.78, 5) is 17.7. The van der Waals surface area contributed by atoms with Gasteiger partial charge in [-0.1, -0.05) is 0 Å². The molecule has 0 saturated heterocycles. The molecule has 0 unspecified atom stereocenters. The molecule has 0 radical (unpaired) electrons. The first kappa shape index (κ1) is 14.7. The SMILES string of the molecule is CCNc1ncnc(-c2ccc(F)c(F)c2F)c1[N+](=O)[O-]. The molecule has 0 bridgehead atoms. The van der Waals surface area contributed by atoms with Gasteiger partial charge < -0.3 is 5.32 Å². The second kappa shape index (κ2) is 5.73. The fraction of sp³-hybridized carbons (Fsp3) is 0.167. The number of benzene rings is 1. The molecule has 0 atom stereocenters. The Bertz CT molecular complexity index is 709. The van der Waals surface area contributed by atoms with Gasteiger partial charge in [0.25, 0.3) is 0 Å². The molecule has 9 heteroatoms. The third-order valence-corrected chi connectivity index (χ3v) is 2.64. The predicted molar refractivity (Wildman–Crippen MR) is 68.2 cm³/mol. The highest BCUT2D eigenvalue weighted by atomic mass is 19.2. The van der Waals surface area contributed by atoms with E-state index >= 15 is 0 Å². The average molecular weight is 298 g/mol. The van der Waals surface area contributed by atoms with Gasteiger partial charge in [-0.25, -0.2) is 23.1 Å². The Kier molecular flexibility index (Phi) is 4.01. The van der Waals surface area contributed by atoms with Gasteiger partial charge in [0.15, 0.2) is 23.1 Å². The quantitative estimate of drug-likeness (QED) is 0.533. The van der Waals surface area contributed by atoms with Gasteiger partial charge in [0.1, 0.15) is 6.33 Å². The first-order valence-corrected chi connectivity index (χ1v) is 5.84. The minimum atomic E-state index is -1.72. The van der Waals surface area contributed by atoms with Crippen LogP contribution in [0, 0.1) is 27.6 Å². The predicted octanol–water partition coefficient (Wildman–Crippen LogP) is 2.90. The minimum absolute atomic E-state index is 0.128. The van der Waals surface area contributed by atoms with Crippen molar-refractivity contribution in [3.8, 4) is 11.3 Å². The smallest absolute Gasteiger partial charge is 0.337 e. The first-order chi connectivity index (χ1) is 9.97. The van der Waals surface area contributed by atoms with E-state index in [9.17, 15) is 23.3 Å². The fourth-order valence-electron chi connectivity index (χ4n) is 1.75. The number of hydrogen-bond acceptors (Lipinski definition) is 5. The molecule has 2 rings (SSSR count). The van der Waals surface area contributed by atoms with E-state index in [1.165, 1.54) is 0 Å². The maximum absolute atomic E-state index is 13.8. The largest absolute Gasteiger partial charge is 0.365 e. The van der Waals surface area contributed by atoms with E-state index in [2.05, 4.69) is 15.3 Å². The number of nitrogens with zero attached hydrogens (tertiary/aromatic N) is 3. The second-order valence-corrected chi connectivity index (χ2v) is 3.93. The highest BCUT2D eigenvalue weighted by Crippen LogP contribution is 2.35. The summed E-state index contributed by atoms with van der Waals surface area (Å²) in [6.07, 6.45) is 0.973. The number of rotatable bonds is 4. The van der Waals surface area contributed by atoms with E-state index in [1.807, 2.05) is 0 Å². The molecule has 0 saturated carbocycles. The van der Waals surface area contributed by atoms with Crippen LogP contribution in [0.1, 0.15) is 6.92 Å². The highest BCUT2D eigenvalue weighted by Gasteiger charge is 2.27. The van der Waals surface area contributed by atoms with Gasteiger partial charge in [0.2, 0.25) is 5.82 Å². The van der Waals surface area contributed by atoms with Crippen molar-refractivity contribution < 1.29 is 18.1 Å². The van der Waals surface area contributed by atoms with Crippen molar-refractivity contribution in [2.75, 3.05) is 11.9 Å². The lowest BCUT2D eigenvalue weighted by atomic mass is 10.1. The highest BCUT2D eigenvalue weighted by molar-refractivity contribution is 5.77. The number of nitrogens with one attached hydrogen (secondary N) is 1. The molecule has 6 nitrogen and oxygen atoms in total. The van der Waals surface area contributed by atoms with Gasteiger partial charge in [-0.2, -0.15) is 0 Å². The van der Waals surface area contributed by atoms with Crippen LogP contribution >= 0.6 is 0 Å². The first-order valence-electron chi connectivity index (χ1n) is 5.84. The minimum Gasteiger partial charge on any atom is -0.365 e. The van der Waals surface area contributed by atoms with Crippen molar-refractivity contribution >= 4 is 11.5 Å². The van der Waals surface area contributed by atoms with Gasteiger partial charge in [-0.3, -0.25) is 10.1 Å². The number of halogens is 3. The van der Waals surface area contributed by atoms with Gasteiger partial charge in [-0.05, 0) is 19.1 Å². The molecule has 0 spiro atoms. The molecule has 1 heterocycles. The normalized spacial score (nSPS) is 10.5. The zero-order valence-electron chi connectivity index (χ0n) is 10.7. The summed E-state index contributed by atoms with van der Waals surface area (Å²) >= 11 is 0. The van der Waals surface area contributed by atoms with Crippen LogP contribution in [0.5, 0.6) is 0 Å². The van der Waals surface area contributed by atoms with Crippen LogP contribution in [0.3, 0.4) is 0 Å². The number of nitro groups is 1. The molecule has 21 heavy (non-hydrogen) atoms. The van der Waals surface area contributed by atoms with Crippen LogP contribution in [0.4, 0.5) is 24.7 Å². The third-order valence-electron chi connectivity index (χ3n) is 2.64. The standard InChI is InChI=1S/C12H9F3N4O2/c1-2-16-12-11(19(20)21)10(17-5-18-12)6-3-4-7(13)9(15)8(6)14/h3-5H,2H2,1H3,(H,16,17,18). The topological polar surface area (TPSA) is 81.0 Å². The number of aromatic nitrogens is 2. The maximum Gasteiger partial charge on any atom is 0.337 e. The molecule has 0 aliphatic rings. The Morgan fingerprint density at radius 3 is 2.57 bits per heavy atom. The van der Waals surface area contributed by atoms with Crippen molar-refractivity contribution in [1.82, 2.24) is 9.97 Å². The van der Waals surface area contributed by atoms with E-state index in [4.69, 9.17) is 0 Å². The molecule has 2 aromatic rings. The molecule has 0 amide bonds. The van der Waals surface area contributed by atoms with Gasteiger partial charge in [-0.15, -0.1) is 0 Å². The molecule has 0 fully saturated rings. The lowest BCUT2D eigenvalue weighted by Crippen LogP contribution is -2.07. The molecule has 0 aliphatic carbocycles. The van der Waals surface area contributed by atoms with Crippen LogP contribution in [0.25, 0.3) is 11.3 Å². The molecular formula is C12H9F3N4O2. The molecular weight excluding hydrogens is 289 g/mol. The van der Waals surface area contributed by atoms with Crippen LogP contribution in [0.15, 0.2) is 18.5 Å². The Morgan fingerprint density at radius 2 is 1.95 bits per heavy atom. The number of anilines is 1. The molecule has 1 aromatic carbocycles. The van der Waals surface area contributed by atoms with Crippen LogP contribution < -0.4 is 5.32 Å². The summed E-state index contributed by atoms with van der Waals surface area (Å²) in [6, 6.07) is 1.56. The zero-order chi connectivity index (χ0) is 15.6. The second-order valence-electron chi connectivity index (χ2n) is 3.93. The van der Waals surface area contributed by atoms with Gasteiger partial charge >= 0.3 is 5.69 Å². The molecule has 0 aliphatic heterocycles. The van der Waals surface area contributed by atoms with E-state index in [-0.39, 0.29) is 5.82 Å². The Labute approximate surface area is 116 Å². The van der Waals surface area contributed by atoms with E-state index < -0.39 is 39.3 Å². The van der Waals surface area contributed by atoms with Crippen molar-refractivity contribution in [2.24, 2.45) is 0 Å². The summed E-state index contributed by atoms with van der Waals surface area (Å²) in [6.45, 7) is 2.02.